The van der Waals surface area contributed by atoms with Crippen LogP contribution in [0.15, 0.2) is 40.2 Å². The maximum absolute atomic E-state index is 5.79. The quantitative estimate of drug-likeness (QED) is 0.387. The highest BCUT2D eigenvalue weighted by atomic mass is 32.2. The lowest BCUT2D eigenvalue weighted by Gasteiger charge is -2.12. The third kappa shape index (κ3) is 3.23. The van der Waals surface area contributed by atoms with Gasteiger partial charge in [0.05, 0.1) is 11.1 Å². The number of rotatable bonds is 6. The molecule has 0 aliphatic carbocycles. The second kappa shape index (κ2) is 7.41. The summed E-state index contributed by atoms with van der Waals surface area (Å²) in [4.78, 5) is 16.2. The van der Waals surface area contributed by atoms with Crippen molar-refractivity contribution < 1.29 is 4.42 Å². The smallest absolute Gasteiger partial charge is 0.257 e. The van der Waals surface area contributed by atoms with Gasteiger partial charge in [-0.25, -0.2) is 19.5 Å². The molecule has 0 saturated heterocycles. The topological polar surface area (TPSA) is 77.3 Å². The molecule has 1 aromatic carbocycles. The predicted octanol–water partition coefficient (Wildman–Crippen LogP) is 3.69. The van der Waals surface area contributed by atoms with Crippen molar-refractivity contribution in [3.05, 3.63) is 47.7 Å². The Hall–Kier alpha value is -2.91. The first kappa shape index (κ1) is 19.1. The number of likely N-dealkylation sites (N-methyl/N-ethyl adjacent to an activating group) is 1. The Labute approximate surface area is 177 Å². The van der Waals surface area contributed by atoms with Gasteiger partial charge in [-0.05, 0) is 45.6 Å². The zero-order valence-corrected chi connectivity index (χ0v) is 18.3. The van der Waals surface area contributed by atoms with Gasteiger partial charge in [0.1, 0.15) is 17.5 Å². The van der Waals surface area contributed by atoms with Crippen molar-refractivity contribution in [2.24, 2.45) is 0 Å². The number of hydrogen-bond donors (Lipinski definition) is 0. The molecule has 0 fully saturated rings. The summed E-state index contributed by atoms with van der Waals surface area (Å²) < 4.78 is 9.83. The fourth-order valence-corrected chi connectivity index (χ4v) is 4.33. The highest BCUT2D eigenvalue weighted by molar-refractivity contribution is 7.98. The average Bonchev–Trinajstić information content (AvgIpc) is 3.39. The number of aryl methyl sites for hydroxylation is 1. The largest absolute Gasteiger partial charge is 0.431 e. The highest BCUT2D eigenvalue weighted by Crippen LogP contribution is 2.28. The lowest BCUT2D eigenvalue weighted by atomic mass is 10.2. The van der Waals surface area contributed by atoms with E-state index in [2.05, 4.69) is 47.5 Å². The van der Waals surface area contributed by atoms with Crippen LogP contribution in [0.4, 0.5) is 0 Å². The maximum atomic E-state index is 5.79. The molecule has 0 N–H and O–H groups in total. The lowest BCUT2D eigenvalue weighted by Crippen LogP contribution is -2.19. The molecule has 4 aromatic heterocycles. The van der Waals surface area contributed by atoms with Crippen molar-refractivity contribution in [3.8, 4) is 0 Å². The standard InChI is InChI=1S/C21H23N7OS/c1-13-14(2)27(10-9-26(3)4)19-18(13)20-24-17(25-28(20)12-22-19)11-30-21-23-15-7-5-6-8-16(15)29-21/h5-8,12H,9-11H2,1-4H3. The van der Waals surface area contributed by atoms with Crippen LogP contribution < -0.4 is 0 Å². The van der Waals surface area contributed by atoms with Gasteiger partial charge < -0.3 is 13.9 Å². The van der Waals surface area contributed by atoms with Gasteiger partial charge in [0.2, 0.25) is 0 Å². The molecule has 0 bridgehead atoms. The molecule has 9 heteroatoms. The second-order valence-corrected chi connectivity index (χ2v) is 8.57. The Balaban J connectivity index is 1.47. The summed E-state index contributed by atoms with van der Waals surface area (Å²) in [6, 6.07) is 7.76. The molecule has 0 amide bonds. The number of aromatic nitrogens is 6. The van der Waals surface area contributed by atoms with E-state index in [0.717, 1.165) is 46.7 Å². The molecule has 154 valence electrons. The number of benzene rings is 1. The molecule has 4 heterocycles. The van der Waals surface area contributed by atoms with Crippen molar-refractivity contribution in [2.45, 2.75) is 31.4 Å². The monoisotopic (exact) mass is 421 g/mol. The van der Waals surface area contributed by atoms with Crippen LogP contribution in [0.1, 0.15) is 17.1 Å². The van der Waals surface area contributed by atoms with Crippen molar-refractivity contribution in [3.63, 3.8) is 0 Å². The van der Waals surface area contributed by atoms with Gasteiger partial charge >= 0.3 is 0 Å². The van der Waals surface area contributed by atoms with Gasteiger partial charge in [-0.2, -0.15) is 0 Å². The van der Waals surface area contributed by atoms with Crippen LogP contribution in [-0.4, -0.2) is 54.7 Å². The third-order valence-corrected chi connectivity index (χ3v) is 6.18. The minimum Gasteiger partial charge on any atom is -0.431 e. The molecule has 0 radical (unpaired) electrons. The summed E-state index contributed by atoms with van der Waals surface area (Å²) in [5.74, 6) is 1.31. The fraction of sp³-hybridized carbons (Fsp3) is 0.333. The first-order valence-corrected chi connectivity index (χ1v) is 10.8. The Morgan fingerprint density at radius 3 is 2.73 bits per heavy atom. The Morgan fingerprint density at radius 1 is 1.10 bits per heavy atom. The summed E-state index contributed by atoms with van der Waals surface area (Å²) >= 11 is 1.50. The molecule has 0 aliphatic rings. The number of hydrogen-bond acceptors (Lipinski definition) is 7. The first-order valence-electron chi connectivity index (χ1n) is 9.84. The van der Waals surface area contributed by atoms with Crippen LogP contribution in [0.3, 0.4) is 0 Å². The van der Waals surface area contributed by atoms with Gasteiger partial charge in [-0.3, -0.25) is 0 Å². The molecule has 8 nitrogen and oxygen atoms in total. The molecular weight excluding hydrogens is 398 g/mol. The summed E-state index contributed by atoms with van der Waals surface area (Å²) in [6.07, 6.45) is 1.75. The maximum Gasteiger partial charge on any atom is 0.257 e. The molecule has 5 aromatic rings. The van der Waals surface area contributed by atoms with Gasteiger partial charge in [0.15, 0.2) is 17.1 Å². The molecule has 5 rings (SSSR count). The van der Waals surface area contributed by atoms with Crippen LogP contribution in [0.5, 0.6) is 0 Å². The summed E-state index contributed by atoms with van der Waals surface area (Å²) in [5.41, 5.74) is 5.88. The van der Waals surface area contributed by atoms with Crippen LogP contribution >= 0.6 is 11.8 Å². The van der Waals surface area contributed by atoms with Crippen molar-refractivity contribution in [2.75, 3.05) is 20.6 Å². The Bertz CT molecular complexity index is 1330. The second-order valence-electron chi connectivity index (χ2n) is 7.64. The molecular formula is C21H23N7OS. The molecule has 0 saturated carbocycles. The summed E-state index contributed by atoms with van der Waals surface area (Å²) in [7, 11) is 4.16. The normalized spacial score (nSPS) is 12.2. The zero-order valence-electron chi connectivity index (χ0n) is 17.5. The number of thioether (sulfide) groups is 1. The van der Waals surface area contributed by atoms with Crippen molar-refractivity contribution >= 4 is 39.5 Å². The van der Waals surface area contributed by atoms with Gasteiger partial charge in [-0.15, -0.1) is 5.10 Å². The van der Waals surface area contributed by atoms with Crippen LogP contribution in [-0.2, 0) is 12.3 Å². The van der Waals surface area contributed by atoms with Crippen LogP contribution in [0.25, 0.3) is 27.8 Å². The van der Waals surface area contributed by atoms with E-state index in [0.29, 0.717) is 11.0 Å². The van der Waals surface area contributed by atoms with E-state index in [-0.39, 0.29) is 0 Å². The number of oxazole rings is 1. The summed E-state index contributed by atoms with van der Waals surface area (Å²) in [5, 5.41) is 6.32. The van der Waals surface area contributed by atoms with Crippen LogP contribution in [0.2, 0.25) is 0 Å². The SMILES string of the molecule is Cc1c(C)n(CCN(C)C)c2ncn3nc(CSc4nc5ccccc5o4)nc3c12. The third-order valence-electron chi connectivity index (χ3n) is 5.36. The number of fused-ring (bicyclic) bond motifs is 4. The van der Waals surface area contributed by atoms with E-state index >= 15 is 0 Å². The van der Waals surface area contributed by atoms with Gasteiger partial charge in [0, 0.05) is 18.8 Å². The van der Waals surface area contributed by atoms with E-state index in [1.807, 2.05) is 24.3 Å². The van der Waals surface area contributed by atoms with Gasteiger partial charge in [-0.1, -0.05) is 23.9 Å². The first-order chi connectivity index (χ1) is 14.5. The van der Waals surface area contributed by atoms with E-state index in [9.17, 15) is 0 Å². The van der Waals surface area contributed by atoms with Gasteiger partial charge in [0.25, 0.3) is 5.22 Å². The van der Waals surface area contributed by atoms with Crippen molar-refractivity contribution in [1.82, 2.24) is 34.0 Å². The number of nitrogens with zero attached hydrogens (tertiary/aromatic N) is 7. The minimum atomic E-state index is 0.579. The van der Waals surface area contributed by atoms with E-state index in [1.54, 1.807) is 10.8 Å². The van der Waals surface area contributed by atoms with E-state index < -0.39 is 0 Å². The van der Waals surface area contributed by atoms with E-state index in [4.69, 9.17) is 14.4 Å². The predicted molar refractivity (Wildman–Crippen MR) is 118 cm³/mol. The summed E-state index contributed by atoms with van der Waals surface area (Å²) in [6.45, 7) is 6.12. The molecule has 0 unspecified atom stereocenters. The lowest BCUT2D eigenvalue weighted by molar-refractivity contribution is 0.384. The molecule has 30 heavy (non-hydrogen) atoms. The van der Waals surface area contributed by atoms with Crippen molar-refractivity contribution in [1.29, 1.82) is 0 Å². The zero-order chi connectivity index (χ0) is 20.8. The molecule has 0 spiro atoms. The minimum absolute atomic E-state index is 0.579. The number of para-hydroxylation sites is 2. The fourth-order valence-electron chi connectivity index (χ4n) is 3.65. The Morgan fingerprint density at radius 2 is 1.93 bits per heavy atom. The molecule has 0 atom stereocenters. The Kier molecular flexibility index (Phi) is 4.71. The van der Waals surface area contributed by atoms with E-state index in [1.165, 1.54) is 23.0 Å². The highest BCUT2D eigenvalue weighted by Gasteiger charge is 2.18. The molecule has 0 aliphatic heterocycles. The van der Waals surface area contributed by atoms with Crippen LogP contribution in [0, 0.1) is 13.8 Å². The average molecular weight is 422 g/mol.